The SMILES string of the molecule is O=C(O)C1(NS(=O)(=O)N2CCOCC2)CCSC1. The lowest BCUT2D eigenvalue weighted by Gasteiger charge is -2.31. The fourth-order valence-corrected chi connectivity index (χ4v) is 4.89. The van der Waals surface area contributed by atoms with Gasteiger partial charge in [0.25, 0.3) is 10.2 Å². The van der Waals surface area contributed by atoms with Crippen molar-refractivity contribution in [2.75, 3.05) is 37.8 Å². The second-order valence-corrected chi connectivity index (χ2v) is 7.08. The van der Waals surface area contributed by atoms with Gasteiger partial charge in [-0.15, -0.1) is 0 Å². The molecule has 2 N–H and O–H groups in total. The van der Waals surface area contributed by atoms with Crippen molar-refractivity contribution in [3.63, 3.8) is 0 Å². The molecule has 0 aromatic carbocycles. The van der Waals surface area contributed by atoms with Crippen molar-refractivity contribution in [2.45, 2.75) is 12.0 Å². The van der Waals surface area contributed by atoms with Gasteiger partial charge in [-0.25, -0.2) is 0 Å². The first kappa shape index (κ1) is 14.1. The average molecular weight is 296 g/mol. The summed E-state index contributed by atoms with van der Waals surface area (Å²) >= 11 is 1.45. The van der Waals surface area contributed by atoms with Crippen LogP contribution in [0.2, 0.25) is 0 Å². The number of carboxylic acid groups (broad SMARTS) is 1. The lowest BCUT2D eigenvalue weighted by atomic mass is 10.0. The fourth-order valence-electron chi connectivity index (χ4n) is 1.96. The number of nitrogens with one attached hydrogen (secondary N) is 1. The molecule has 0 bridgehead atoms. The third-order valence-corrected chi connectivity index (χ3v) is 5.95. The standard InChI is InChI=1S/C9H16N2O5S2/c12-8(13)9(1-6-17-7-9)10-18(14,15)11-2-4-16-5-3-11/h10H,1-7H2,(H,12,13). The Morgan fingerprint density at radius 1 is 1.39 bits per heavy atom. The van der Waals surface area contributed by atoms with Gasteiger partial charge in [-0.2, -0.15) is 29.2 Å². The molecule has 0 spiro atoms. The topological polar surface area (TPSA) is 95.9 Å². The summed E-state index contributed by atoms with van der Waals surface area (Å²) < 4.78 is 33.0. The van der Waals surface area contributed by atoms with Gasteiger partial charge in [0.05, 0.1) is 13.2 Å². The molecule has 0 amide bonds. The number of hydrogen-bond acceptors (Lipinski definition) is 5. The van der Waals surface area contributed by atoms with Crippen LogP contribution in [0.4, 0.5) is 0 Å². The van der Waals surface area contributed by atoms with Crippen molar-refractivity contribution in [3.05, 3.63) is 0 Å². The van der Waals surface area contributed by atoms with E-state index in [1.54, 1.807) is 0 Å². The monoisotopic (exact) mass is 296 g/mol. The highest BCUT2D eigenvalue weighted by Crippen LogP contribution is 2.29. The van der Waals surface area contributed by atoms with Crippen LogP contribution >= 0.6 is 11.8 Å². The predicted molar refractivity (Wildman–Crippen MR) is 66.8 cm³/mol. The fraction of sp³-hybridized carbons (Fsp3) is 0.889. The van der Waals surface area contributed by atoms with Gasteiger partial charge in [-0.1, -0.05) is 0 Å². The average Bonchev–Trinajstić information content (AvgIpc) is 2.79. The van der Waals surface area contributed by atoms with Crippen LogP contribution < -0.4 is 4.72 Å². The van der Waals surface area contributed by atoms with Crippen LogP contribution in [0.1, 0.15) is 6.42 Å². The Bertz CT molecular complexity index is 413. The number of thioether (sulfide) groups is 1. The van der Waals surface area contributed by atoms with Crippen molar-refractivity contribution < 1.29 is 23.1 Å². The van der Waals surface area contributed by atoms with Crippen LogP contribution in [0.25, 0.3) is 0 Å². The van der Waals surface area contributed by atoms with E-state index >= 15 is 0 Å². The summed E-state index contributed by atoms with van der Waals surface area (Å²) in [6.45, 7) is 1.21. The molecule has 18 heavy (non-hydrogen) atoms. The van der Waals surface area contributed by atoms with E-state index in [1.165, 1.54) is 16.1 Å². The number of nitrogens with zero attached hydrogens (tertiary/aromatic N) is 1. The maximum atomic E-state index is 12.1. The van der Waals surface area contributed by atoms with E-state index in [1.807, 2.05) is 0 Å². The first-order valence-electron chi connectivity index (χ1n) is 5.64. The van der Waals surface area contributed by atoms with E-state index in [0.29, 0.717) is 25.4 Å². The predicted octanol–water partition coefficient (Wildman–Crippen LogP) is -0.887. The molecule has 2 rings (SSSR count). The molecule has 2 fully saturated rings. The van der Waals surface area contributed by atoms with Crippen molar-refractivity contribution in [3.8, 4) is 0 Å². The highest BCUT2D eigenvalue weighted by Gasteiger charge is 2.46. The van der Waals surface area contributed by atoms with E-state index in [2.05, 4.69) is 4.72 Å². The Kier molecular flexibility index (Phi) is 4.17. The number of aliphatic carboxylic acids is 1. The molecule has 0 aromatic heterocycles. The highest BCUT2D eigenvalue weighted by atomic mass is 32.2. The van der Waals surface area contributed by atoms with E-state index in [4.69, 9.17) is 4.74 Å². The van der Waals surface area contributed by atoms with E-state index in [9.17, 15) is 18.3 Å². The van der Waals surface area contributed by atoms with Gasteiger partial charge in [0.1, 0.15) is 5.54 Å². The second-order valence-electron chi connectivity index (χ2n) is 4.31. The van der Waals surface area contributed by atoms with Gasteiger partial charge in [0.2, 0.25) is 0 Å². The Balaban J connectivity index is 2.12. The van der Waals surface area contributed by atoms with Crippen LogP contribution in [0.3, 0.4) is 0 Å². The van der Waals surface area contributed by atoms with Crippen molar-refractivity contribution in [1.82, 2.24) is 9.03 Å². The van der Waals surface area contributed by atoms with Gasteiger partial charge >= 0.3 is 5.97 Å². The minimum atomic E-state index is -3.76. The Hall–Kier alpha value is -0.350. The largest absolute Gasteiger partial charge is 0.480 e. The molecule has 0 aromatic rings. The van der Waals surface area contributed by atoms with Crippen molar-refractivity contribution in [2.24, 2.45) is 0 Å². The molecular weight excluding hydrogens is 280 g/mol. The first-order chi connectivity index (χ1) is 8.46. The summed E-state index contributed by atoms with van der Waals surface area (Å²) in [5, 5.41) is 9.24. The lowest BCUT2D eigenvalue weighted by molar-refractivity contribution is -0.143. The number of hydrogen-bond donors (Lipinski definition) is 2. The molecule has 1 atom stereocenters. The van der Waals surface area contributed by atoms with Gasteiger partial charge in [0.15, 0.2) is 0 Å². The summed E-state index contributed by atoms with van der Waals surface area (Å²) in [5.41, 5.74) is -1.36. The maximum Gasteiger partial charge on any atom is 0.325 e. The van der Waals surface area contributed by atoms with Crippen molar-refractivity contribution >= 4 is 27.9 Å². The lowest BCUT2D eigenvalue weighted by Crippen LogP contribution is -2.59. The third-order valence-electron chi connectivity index (χ3n) is 3.07. The normalized spacial score (nSPS) is 30.4. The molecule has 1 unspecified atom stereocenters. The Labute approximate surface area is 110 Å². The Morgan fingerprint density at radius 3 is 2.56 bits per heavy atom. The van der Waals surface area contributed by atoms with Crippen LogP contribution in [-0.4, -0.2) is 67.1 Å². The second kappa shape index (κ2) is 5.33. The zero-order valence-corrected chi connectivity index (χ0v) is 11.4. The number of ether oxygens (including phenoxy) is 1. The molecule has 104 valence electrons. The summed E-state index contributed by atoms with van der Waals surface area (Å²) in [7, 11) is -3.76. The molecule has 0 aliphatic carbocycles. The van der Waals surface area contributed by atoms with Crippen LogP contribution in [0.5, 0.6) is 0 Å². The smallest absolute Gasteiger partial charge is 0.325 e. The number of morpholine rings is 1. The third kappa shape index (κ3) is 2.80. The number of carbonyl (C=O) groups is 1. The van der Waals surface area contributed by atoms with Crippen molar-refractivity contribution in [1.29, 1.82) is 0 Å². The molecule has 9 heteroatoms. The van der Waals surface area contributed by atoms with Crippen LogP contribution in [-0.2, 0) is 19.7 Å². The number of carboxylic acids is 1. The summed E-state index contributed by atoms with van der Waals surface area (Å²) in [6, 6.07) is 0. The summed E-state index contributed by atoms with van der Waals surface area (Å²) in [4.78, 5) is 11.3. The zero-order valence-electron chi connectivity index (χ0n) is 9.79. The molecule has 0 saturated carbocycles. The minimum absolute atomic E-state index is 0.262. The quantitative estimate of drug-likeness (QED) is 0.699. The first-order valence-corrected chi connectivity index (χ1v) is 8.24. The van der Waals surface area contributed by atoms with Crippen LogP contribution in [0, 0.1) is 0 Å². The van der Waals surface area contributed by atoms with Gasteiger partial charge in [-0.3, -0.25) is 4.79 Å². The molecule has 2 aliphatic heterocycles. The number of rotatable bonds is 4. The zero-order chi connectivity index (χ0) is 13.2. The van der Waals surface area contributed by atoms with Gasteiger partial charge in [0, 0.05) is 18.8 Å². The molecule has 2 aliphatic rings. The highest BCUT2D eigenvalue weighted by molar-refractivity contribution is 7.99. The molecular formula is C9H16N2O5S2. The maximum absolute atomic E-state index is 12.1. The van der Waals surface area contributed by atoms with E-state index < -0.39 is 21.7 Å². The van der Waals surface area contributed by atoms with Gasteiger partial charge < -0.3 is 9.84 Å². The molecule has 7 nitrogen and oxygen atoms in total. The summed E-state index contributed by atoms with van der Waals surface area (Å²) in [6.07, 6.45) is 0.316. The minimum Gasteiger partial charge on any atom is -0.480 e. The van der Waals surface area contributed by atoms with Gasteiger partial charge in [-0.05, 0) is 12.2 Å². The summed E-state index contributed by atoms with van der Waals surface area (Å²) in [5.74, 6) is -0.187. The molecule has 2 heterocycles. The van der Waals surface area contributed by atoms with Crippen LogP contribution in [0.15, 0.2) is 0 Å². The molecule has 2 saturated heterocycles. The van der Waals surface area contributed by atoms with E-state index in [0.717, 1.165) is 0 Å². The molecule has 0 radical (unpaired) electrons. The van der Waals surface area contributed by atoms with E-state index in [-0.39, 0.29) is 18.8 Å². The Morgan fingerprint density at radius 2 is 2.06 bits per heavy atom.